The number of methoxy groups -OCH3 is 2. The number of hydrogen-bond donors (Lipinski definition) is 1. The van der Waals surface area contributed by atoms with Crippen molar-refractivity contribution in [3.8, 4) is 11.5 Å². The molecule has 0 spiro atoms. The highest BCUT2D eigenvalue weighted by molar-refractivity contribution is 5.60. The summed E-state index contributed by atoms with van der Waals surface area (Å²) in [7, 11) is 7.42. The monoisotopic (exact) mass is 252 g/mol. The summed E-state index contributed by atoms with van der Waals surface area (Å²) in [5, 5.41) is 3.16. The van der Waals surface area contributed by atoms with Crippen molar-refractivity contribution in [3.63, 3.8) is 0 Å². The quantitative estimate of drug-likeness (QED) is 0.719. The predicted molar refractivity (Wildman–Crippen MR) is 76.0 cm³/mol. The highest BCUT2D eigenvalue weighted by Gasteiger charge is 2.09. The van der Waals surface area contributed by atoms with Gasteiger partial charge in [0.05, 0.1) is 19.9 Å². The van der Waals surface area contributed by atoms with Crippen LogP contribution in [0.2, 0.25) is 0 Å². The van der Waals surface area contributed by atoms with Crippen LogP contribution in [-0.2, 0) is 0 Å². The third-order valence-electron chi connectivity index (χ3n) is 2.97. The molecule has 0 heterocycles. The van der Waals surface area contributed by atoms with Crippen molar-refractivity contribution >= 4 is 5.69 Å². The minimum absolute atomic E-state index is 0.819. The van der Waals surface area contributed by atoms with Crippen molar-refractivity contribution in [3.05, 3.63) is 18.2 Å². The summed E-state index contributed by atoms with van der Waals surface area (Å²) in [5.74, 6) is 1.67. The largest absolute Gasteiger partial charge is 0.497 e. The lowest BCUT2D eigenvalue weighted by Crippen LogP contribution is -2.20. The number of rotatable bonds is 8. The zero-order chi connectivity index (χ0) is 13.4. The summed E-state index contributed by atoms with van der Waals surface area (Å²) in [5.41, 5.74) is 1.10. The molecule has 102 valence electrons. The molecule has 1 aromatic carbocycles. The number of anilines is 1. The van der Waals surface area contributed by atoms with E-state index in [-0.39, 0.29) is 0 Å². The molecule has 0 amide bonds. The summed E-state index contributed by atoms with van der Waals surface area (Å²) in [6.07, 6.45) is 2.34. The predicted octanol–water partition coefficient (Wildman–Crippen LogP) is 2.14. The lowest BCUT2D eigenvalue weighted by molar-refractivity contribution is 0.394. The van der Waals surface area contributed by atoms with Gasteiger partial charge in [-0.25, -0.2) is 0 Å². The fourth-order valence-electron chi connectivity index (χ4n) is 1.87. The topological polar surface area (TPSA) is 33.7 Å². The van der Waals surface area contributed by atoms with E-state index in [0.717, 1.165) is 36.7 Å². The van der Waals surface area contributed by atoms with Gasteiger partial charge in [0, 0.05) is 19.7 Å². The first-order valence-electron chi connectivity index (χ1n) is 6.30. The Morgan fingerprint density at radius 1 is 1.17 bits per heavy atom. The van der Waals surface area contributed by atoms with Crippen LogP contribution < -0.4 is 19.7 Å². The van der Waals surface area contributed by atoms with Crippen LogP contribution in [0.1, 0.15) is 12.8 Å². The van der Waals surface area contributed by atoms with E-state index >= 15 is 0 Å². The van der Waals surface area contributed by atoms with Crippen LogP contribution in [0.25, 0.3) is 0 Å². The van der Waals surface area contributed by atoms with E-state index in [1.54, 1.807) is 14.2 Å². The molecule has 0 fully saturated rings. The molecule has 1 aromatic rings. The second-order valence-corrected chi connectivity index (χ2v) is 4.27. The van der Waals surface area contributed by atoms with Gasteiger partial charge in [0.2, 0.25) is 0 Å². The number of nitrogens with one attached hydrogen (secondary N) is 1. The number of hydrogen-bond acceptors (Lipinski definition) is 4. The third kappa shape index (κ3) is 4.11. The van der Waals surface area contributed by atoms with E-state index < -0.39 is 0 Å². The minimum Gasteiger partial charge on any atom is -0.497 e. The molecule has 0 aliphatic carbocycles. The molecule has 0 saturated carbocycles. The molecular weight excluding hydrogens is 228 g/mol. The van der Waals surface area contributed by atoms with E-state index in [2.05, 4.69) is 17.3 Å². The van der Waals surface area contributed by atoms with Gasteiger partial charge in [-0.1, -0.05) is 0 Å². The maximum absolute atomic E-state index is 5.40. The first-order valence-corrected chi connectivity index (χ1v) is 6.30. The Kier molecular flexibility index (Phi) is 6.36. The lowest BCUT2D eigenvalue weighted by atomic mass is 10.2. The fourth-order valence-corrected chi connectivity index (χ4v) is 1.87. The van der Waals surface area contributed by atoms with E-state index in [9.17, 15) is 0 Å². The van der Waals surface area contributed by atoms with Crippen molar-refractivity contribution in [2.24, 2.45) is 0 Å². The summed E-state index contributed by atoms with van der Waals surface area (Å²) in [6, 6.07) is 5.91. The Balaban J connectivity index is 2.63. The molecule has 0 unspecified atom stereocenters. The van der Waals surface area contributed by atoms with E-state index in [0.29, 0.717) is 0 Å². The van der Waals surface area contributed by atoms with Crippen LogP contribution in [0.15, 0.2) is 18.2 Å². The first-order chi connectivity index (χ1) is 8.72. The van der Waals surface area contributed by atoms with E-state index in [1.807, 2.05) is 25.2 Å². The molecule has 1 N–H and O–H groups in total. The molecule has 4 nitrogen and oxygen atoms in total. The molecule has 0 radical (unpaired) electrons. The standard InChI is InChI=1S/C14H24N2O2/c1-15-9-5-6-10-16(2)13-8-7-12(17-3)11-14(13)18-4/h7-8,11,15H,5-6,9-10H2,1-4H3. The molecule has 0 aromatic heterocycles. The third-order valence-corrected chi connectivity index (χ3v) is 2.97. The van der Waals surface area contributed by atoms with Gasteiger partial charge < -0.3 is 19.7 Å². The Bertz CT molecular complexity index is 356. The van der Waals surface area contributed by atoms with Crippen molar-refractivity contribution in [1.82, 2.24) is 5.32 Å². The van der Waals surface area contributed by atoms with E-state index in [1.165, 1.54) is 6.42 Å². The van der Waals surface area contributed by atoms with Crippen LogP contribution in [0.4, 0.5) is 5.69 Å². The number of benzene rings is 1. The fraction of sp³-hybridized carbons (Fsp3) is 0.571. The van der Waals surface area contributed by atoms with Crippen molar-refractivity contribution in [2.75, 3.05) is 46.3 Å². The summed E-state index contributed by atoms with van der Waals surface area (Å²) in [4.78, 5) is 2.22. The molecular formula is C14H24N2O2. The van der Waals surface area contributed by atoms with Gasteiger partial charge in [-0.05, 0) is 38.6 Å². The Morgan fingerprint density at radius 3 is 2.56 bits per heavy atom. The smallest absolute Gasteiger partial charge is 0.145 e. The number of ether oxygens (including phenoxy) is 2. The summed E-state index contributed by atoms with van der Waals surface area (Å²) >= 11 is 0. The van der Waals surface area contributed by atoms with Crippen LogP contribution in [0.3, 0.4) is 0 Å². The van der Waals surface area contributed by atoms with E-state index in [4.69, 9.17) is 9.47 Å². The highest BCUT2D eigenvalue weighted by Crippen LogP contribution is 2.31. The van der Waals surface area contributed by atoms with Crippen molar-refractivity contribution < 1.29 is 9.47 Å². The van der Waals surface area contributed by atoms with Gasteiger partial charge in [-0.3, -0.25) is 0 Å². The lowest BCUT2D eigenvalue weighted by Gasteiger charge is -2.22. The molecule has 0 atom stereocenters. The Hall–Kier alpha value is -1.42. The average molecular weight is 252 g/mol. The minimum atomic E-state index is 0.819. The molecule has 0 aliphatic rings. The molecule has 18 heavy (non-hydrogen) atoms. The first kappa shape index (κ1) is 14.6. The molecule has 0 bridgehead atoms. The number of unbranched alkanes of at least 4 members (excludes halogenated alkanes) is 1. The summed E-state index contributed by atoms with van der Waals surface area (Å²) < 4.78 is 10.6. The van der Waals surface area contributed by atoms with Gasteiger partial charge in [0.15, 0.2) is 0 Å². The van der Waals surface area contributed by atoms with Crippen LogP contribution >= 0.6 is 0 Å². The Morgan fingerprint density at radius 2 is 1.94 bits per heavy atom. The van der Waals surface area contributed by atoms with Gasteiger partial charge in [0.1, 0.15) is 11.5 Å². The molecule has 0 aliphatic heterocycles. The molecule has 1 rings (SSSR count). The zero-order valence-electron chi connectivity index (χ0n) is 11.8. The van der Waals surface area contributed by atoms with Gasteiger partial charge in [-0.2, -0.15) is 0 Å². The second kappa shape index (κ2) is 7.82. The normalized spacial score (nSPS) is 10.2. The zero-order valence-corrected chi connectivity index (χ0v) is 11.8. The van der Waals surface area contributed by atoms with Gasteiger partial charge in [0.25, 0.3) is 0 Å². The Labute approximate surface area is 110 Å². The highest BCUT2D eigenvalue weighted by atomic mass is 16.5. The van der Waals surface area contributed by atoms with Gasteiger partial charge >= 0.3 is 0 Å². The van der Waals surface area contributed by atoms with Crippen molar-refractivity contribution in [2.45, 2.75) is 12.8 Å². The van der Waals surface area contributed by atoms with Crippen LogP contribution in [-0.4, -0.2) is 41.4 Å². The SMILES string of the molecule is CNCCCCN(C)c1ccc(OC)cc1OC. The maximum Gasteiger partial charge on any atom is 0.145 e. The van der Waals surface area contributed by atoms with Crippen LogP contribution in [0.5, 0.6) is 11.5 Å². The second-order valence-electron chi connectivity index (χ2n) is 4.27. The summed E-state index contributed by atoms with van der Waals surface area (Å²) in [6.45, 7) is 2.08. The maximum atomic E-state index is 5.40. The molecule has 0 saturated heterocycles. The number of nitrogens with zero attached hydrogens (tertiary/aromatic N) is 1. The van der Waals surface area contributed by atoms with Crippen molar-refractivity contribution in [1.29, 1.82) is 0 Å². The van der Waals surface area contributed by atoms with Gasteiger partial charge in [-0.15, -0.1) is 0 Å². The molecule has 4 heteroatoms. The average Bonchev–Trinajstić information content (AvgIpc) is 2.42. The van der Waals surface area contributed by atoms with Crippen LogP contribution in [0, 0.1) is 0 Å².